The number of rotatable bonds is 6. The fourth-order valence-electron chi connectivity index (χ4n) is 1.80. The Morgan fingerprint density at radius 1 is 1.32 bits per heavy atom. The minimum absolute atomic E-state index is 0.0954. The second kappa shape index (κ2) is 7.61. The number of amides is 1. The molecule has 5 nitrogen and oxygen atoms in total. The van der Waals surface area contributed by atoms with Crippen LogP contribution in [0.4, 0.5) is 5.69 Å². The maximum Gasteiger partial charge on any atom is 0.226 e. The van der Waals surface area contributed by atoms with Gasteiger partial charge in [0.15, 0.2) is 5.82 Å². The number of halogens is 2. The van der Waals surface area contributed by atoms with Gasteiger partial charge in [0.05, 0.1) is 10.0 Å². The van der Waals surface area contributed by atoms with Crippen molar-refractivity contribution >= 4 is 34.8 Å². The SMILES string of the molecule is CC(C)c1noc(CCCC(=O)Nc2ccc(Cl)c(Cl)c2)n1. The van der Waals surface area contributed by atoms with Gasteiger partial charge in [0.2, 0.25) is 11.8 Å². The summed E-state index contributed by atoms with van der Waals surface area (Å²) < 4.78 is 5.13. The fraction of sp³-hybridized carbons (Fsp3) is 0.400. The van der Waals surface area contributed by atoms with Gasteiger partial charge in [0.1, 0.15) is 0 Å². The highest BCUT2D eigenvalue weighted by atomic mass is 35.5. The van der Waals surface area contributed by atoms with Crippen LogP contribution in [0.25, 0.3) is 0 Å². The summed E-state index contributed by atoms with van der Waals surface area (Å²) in [6.45, 7) is 4.00. The first kappa shape index (κ1) is 16.8. The van der Waals surface area contributed by atoms with Gasteiger partial charge in [0, 0.05) is 24.4 Å². The van der Waals surface area contributed by atoms with Crippen molar-refractivity contribution in [2.45, 2.75) is 39.0 Å². The van der Waals surface area contributed by atoms with Crippen molar-refractivity contribution in [3.8, 4) is 0 Å². The summed E-state index contributed by atoms with van der Waals surface area (Å²) in [7, 11) is 0. The molecule has 1 heterocycles. The lowest BCUT2D eigenvalue weighted by atomic mass is 10.2. The van der Waals surface area contributed by atoms with Crippen LogP contribution in [0.5, 0.6) is 0 Å². The van der Waals surface area contributed by atoms with Crippen LogP contribution in [0.1, 0.15) is 44.3 Å². The van der Waals surface area contributed by atoms with Crippen LogP contribution < -0.4 is 5.32 Å². The van der Waals surface area contributed by atoms with Gasteiger partial charge in [-0.25, -0.2) is 0 Å². The summed E-state index contributed by atoms with van der Waals surface area (Å²) >= 11 is 11.7. The zero-order valence-corrected chi connectivity index (χ0v) is 13.9. The van der Waals surface area contributed by atoms with Crippen molar-refractivity contribution in [1.29, 1.82) is 0 Å². The predicted molar refractivity (Wildman–Crippen MR) is 86.4 cm³/mol. The van der Waals surface area contributed by atoms with E-state index in [1.54, 1.807) is 18.2 Å². The highest BCUT2D eigenvalue weighted by Crippen LogP contribution is 2.25. The van der Waals surface area contributed by atoms with Crippen LogP contribution in [-0.2, 0) is 11.2 Å². The van der Waals surface area contributed by atoms with Crippen molar-refractivity contribution in [1.82, 2.24) is 10.1 Å². The maximum atomic E-state index is 11.9. The normalized spacial score (nSPS) is 11.0. The van der Waals surface area contributed by atoms with E-state index in [2.05, 4.69) is 15.5 Å². The third kappa shape index (κ3) is 4.71. The van der Waals surface area contributed by atoms with Crippen molar-refractivity contribution < 1.29 is 9.32 Å². The third-order valence-electron chi connectivity index (χ3n) is 3.00. The first-order chi connectivity index (χ1) is 10.5. The van der Waals surface area contributed by atoms with Crippen LogP contribution in [0.3, 0.4) is 0 Å². The van der Waals surface area contributed by atoms with Crippen molar-refractivity contribution in [3.05, 3.63) is 40.0 Å². The largest absolute Gasteiger partial charge is 0.339 e. The average molecular weight is 342 g/mol. The second-order valence-corrected chi connectivity index (χ2v) is 6.05. The number of aromatic nitrogens is 2. The van der Waals surface area contributed by atoms with E-state index in [9.17, 15) is 4.79 Å². The molecule has 0 bridgehead atoms. The van der Waals surface area contributed by atoms with Gasteiger partial charge in [-0.1, -0.05) is 42.2 Å². The first-order valence-electron chi connectivity index (χ1n) is 7.03. The smallest absolute Gasteiger partial charge is 0.226 e. The number of nitrogens with zero attached hydrogens (tertiary/aromatic N) is 2. The lowest BCUT2D eigenvalue weighted by Gasteiger charge is -2.05. The average Bonchev–Trinajstić information content (AvgIpc) is 2.92. The van der Waals surface area contributed by atoms with Gasteiger partial charge in [-0.2, -0.15) is 4.98 Å². The number of carbonyl (C=O) groups is 1. The maximum absolute atomic E-state index is 11.9. The fourth-order valence-corrected chi connectivity index (χ4v) is 2.10. The van der Waals surface area contributed by atoms with E-state index in [0.29, 0.717) is 46.7 Å². The van der Waals surface area contributed by atoms with Gasteiger partial charge in [0.25, 0.3) is 0 Å². The van der Waals surface area contributed by atoms with E-state index in [1.165, 1.54) is 0 Å². The Hall–Kier alpha value is -1.59. The summed E-state index contributed by atoms with van der Waals surface area (Å²) in [6, 6.07) is 4.97. The lowest BCUT2D eigenvalue weighted by Crippen LogP contribution is -2.11. The Morgan fingerprint density at radius 3 is 2.73 bits per heavy atom. The molecule has 7 heteroatoms. The molecule has 0 radical (unpaired) electrons. The molecule has 2 rings (SSSR count). The molecule has 1 aromatic carbocycles. The van der Waals surface area contributed by atoms with Crippen LogP contribution in [0, 0.1) is 0 Å². The Labute approximate surface area is 139 Å². The molecule has 0 spiro atoms. The molecule has 118 valence electrons. The Bertz CT molecular complexity index is 656. The molecule has 1 amide bonds. The van der Waals surface area contributed by atoms with Gasteiger partial charge in [-0.3, -0.25) is 4.79 Å². The van der Waals surface area contributed by atoms with Crippen LogP contribution in [0.15, 0.2) is 22.7 Å². The van der Waals surface area contributed by atoms with Crippen LogP contribution in [0.2, 0.25) is 10.0 Å². The third-order valence-corrected chi connectivity index (χ3v) is 3.74. The van der Waals surface area contributed by atoms with Crippen molar-refractivity contribution in [2.75, 3.05) is 5.32 Å². The molecule has 1 aromatic heterocycles. The minimum atomic E-state index is -0.0954. The van der Waals surface area contributed by atoms with Gasteiger partial charge in [-0.05, 0) is 24.6 Å². The molecule has 0 saturated carbocycles. The summed E-state index contributed by atoms with van der Waals surface area (Å²) in [4.78, 5) is 16.1. The lowest BCUT2D eigenvalue weighted by molar-refractivity contribution is -0.116. The van der Waals surface area contributed by atoms with Gasteiger partial charge < -0.3 is 9.84 Å². The Morgan fingerprint density at radius 2 is 2.09 bits per heavy atom. The van der Waals surface area contributed by atoms with E-state index in [4.69, 9.17) is 27.7 Å². The number of aryl methyl sites for hydroxylation is 1. The molecule has 0 aliphatic carbocycles. The number of hydrogen-bond acceptors (Lipinski definition) is 4. The number of benzene rings is 1. The van der Waals surface area contributed by atoms with Gasteiger partial charge >= 0.3 is 0 Å². The molecule has 0 saturated heterocycles. The summed E-state index contributed by atoms with van der Waals surface area (Å²) in [5.74, 6) is 1.39. The van der Waals surface area contributed by atoms with E-state index in [-0.39, 0.29) is 11.8 Å². The molecular formula is C15H17Cl2N3O2. The summed E-state index contributed by atoms with van der Waals surface area (Å²) in [5.41, 5.74) is 0.624. The van der Waals surface area contributed by atoms with E-state index in [0.717, 1.165) is 0 Å². The Balaban J connectivity index is 1.78. The summed E-state index contributed by atoms with van der Waals surface area (Å²) in [5, 5.41) is 7.52. The zero-order chi connectivity index (χ0) is 16.1. The predicted octanol–water partition coefficient (Wildman–Crippen LogP) is 4.46. The monoisotopic (exact) mass is 341 g/mol. The number of nitrogens with one attached hydrogen (secondary N) is 1. The molecule has 2 aromatic rings. The van der Waals surface area contributed by atoms with E-state index >= 15 is 0 Å². The molecule has 0 atom stereocenters. The second-order valence-electron chi connectivity index (χ2n) is 5.23. The van der Waals surface area contributed by atoms with E-state index < -0.39 is 0 Å². The number of carbonyl (C=O) groups excluding carboxylic acids is 1. The standard InChI is InChI=1S/C15H17Cl2N3O2/c1-9(2)15-19-14(22-20-15)5-3-4-13(21)18-10-6-7-11(16)12(17)8-10/h6-9H,3-5H2,1-2H3,(H,18,21). The minimum Gasteiger partial charge on any atom is -0.339 e. The van der Waals surface area contributed by atoms with Crippen LogP contribution >= 0.6 is 23.2 Å². The molecule has 0 aliphatic rings. The van der Waals surface area contributed by atoms with Crippen molar-refractivity contribution in [3.63, 3.8) is 0 Å². The Kier molecular flexibility index (Phi) is 5.80. The quantitative estimate of drug-likeness (QED) is 0.841. The molecule has 0 unspecified atom stereocenters. The topological polar surface area (TPSA) is 68.0 Å². The zero-order valence-electron chi connectivity index (χ0n) is 12.4. The highest BCUT2D eigenvalue weighted by molar-refractivity contribution is 6.42. The number of anilines is 1. The van der Waals surface area contributed by atoms with Crippen LogP contribution in [-0.4, -0.2) is 16.0 Å². The molecule has 22 heavy (non-hydrogen) atoms. The highest BCUT2D eigenvalue weighted by Gasteiger charge is 2.10. The van der Waals surface area contributed by atoms with Gasteiger partial charge in [-0.15, -0.1) is 0 Å². The molecule has 1 N–H and O–H groups in total. The summed E-state index contributed by atoms with van der Waals surface area (Å²) in [6.07, 6.45) is 1.57. The van der Waals surface area contributed by atoms with Crippen molar-refractivity contribution in [2.24, 2.45) is 0 Å². The molecular weight excluding hydrogens is 325 g/mol. The molecule has 0 fully saturated rings. The molecule has 0 aliphatic heterocycles. The van der Waals surface area contributed by atoms with E-state index in [1.807, 2.05) is 13.8 Å². The number of hydrogen-bond donors (Lipinski definition) is 1. The first-order valence-corrected chi connectivity index (χ1v) is 7.78.